The van der Waals surface area contributed by atoms with E-state index in [9.17, 15) is 10.1 Å². The summed E-state index contributed by atoms with van der Waals surface area (Å²) in [5.41, 5.74) is 2.84. The minimum absolute atomic E-state index is 0.0846. The highest BCUT2D eigenvalue weighted by Crippen LogP contribution is 2.28. The van der Waals surface area contributed by atoms with Crippen molar-refractivity contribution in [2.24, 2.45) is 0 Å². The van der Waals surface area contributed by atoms with Crippen LogP contribution in [0.3, 0.4) is 0 Å². The van der Waals surface area contributed by atoms with Gasteiger partial charge >= 0.3 is 5.97 Å². The fourth-order valence-electron chi connectivity index (χ4n) is 2.70. The van der Waals surface area contributed by atoms with Crippen LogP contribution in [-0.2, 0) is 9.53 Å². The van der Waals surface area contributed by atoms with E-state index in [0.717, 1.165) is 11.3 Å². The predicted molar refractivity (Wildman–Crippen MR) is 106 cm³/mol. The number of hydrogen-bond donors (Lipinski definition) is 0. The van der Waals surface area contributed by atoms with E-state index in [-0.39, 0.29) is 12.2 Å². The van der Waals surface area contributed by atoms with Crippen molar-refractivity contribution in [1.29, 1.82) is 5.26 Å². The molecule has 0 amide bonds. The van der Waals surface area contributed by atoms with E-state index in [0.29, 0.717) is 17.0 Å². The minimum atomic E-state index is -0.658. The Bertz CT molecular complexity index is 1050. The van der Waals surface area contributed by atoms with Gasteiger partial charge in [0.05, 0.1) is 19.4 Å². The summed E-state index contributed by atoms with van der Waals surface area (Å²) in [6.45, 7) is 1.89. The van der Waals surface area contributed by atoms with Crippen LogP contribution in [0.2, 0.25) is 0 Å². The van der Waals surface area contributed by atoms with Crippen LogP contribution in [0.15, 0.2) is 66.4 Å². The van der Waals surface area contributed by atoms with Crippen molar-refractivity contribution in [3.05, 3.63) is 71.9 Å². The minimum Gasteiger partial charge on any atom is -0.497 e. The van der Waals surface area contributed by atoms with Crippen LogP contribution >= 0.6 is 0 Å². The molecule has 0 unspecified atom stereocenters. The van der Waals surface area contributed by atoms with Crippen molar-refractivity contribution in [1.82, 2.24) is 9.78 Å². The number of para-hydroxylation sites is 1. The molecule has 0 saturated heterocycles. The number of carbonyl (C=O) groups excluding carboxylic acids is 1. The molecule has 0 fully saturated rings. The van der Waals surface area contributed by atoms with E-state index >= 15 is 0 Å². The second kappa shape index (κ2) is 8.69. The highest BCUT2D eigenvalue weighted by atomic mass is 16.5. The Morgan fingerprint density at radius 1 is 1.21 bits per heavy atom. The second-order valence-corrected chi connectivity index (χ2v) is 5.84. The lowest BCUT2D eigenvalue weighted by molar-refractivity contribution is -0.137. The summed E-state index contributed by atoms with van der Waals surface area (Å²) in [6.07, 6.45) is 3.28. The third kappa shape index (κ3) is 4.10. The number of esters is 1. The molecule has 2 aromatic carbocycles. The maximum atomic E-state index is 12.0. The summed E-state index contributed by atoms with van der Waals surface area (Å²) >= 11 is 0. The lowest BCUT2D eigenvalue weighted by atomic mass is 10.1. The summed E-state index contributed by atoms with van der Waals surface area (Å²) < 4.78 is 12.0. The summed E-state index contributed by atoms with van der Waals surface area (Å²) in [5.74, 6) is 0.0293. The Balaban J connectivity index is 2.15. The largest absolute Gasteiger partial charge is 0.497 e. The number of ether oxygens (including phenoxy) is 2. The Morgan fingerprint density at radius 2 is 2.00 bits per heavy atom. The molecular formula is C22H19N3O3. The number of hydrogen-bond acceptors (Lipinski definition) is 5. The summed E-state index contributed by atoms with van der Waals surface area (Å²) in [6, 6.07) is 19.0. The molecule has 140 valence electrons. The number of methoxy groups -OCH3 is 1. The monoisotopic (exact) mass is 373 g/mol. The van der Waals surface area contributed by atoms with Crippen molar-refractivity contribution >= 4 is 12.0 Å². The molecule has 0 aliphatic rings. The molecule has 0 N–H and O–H groups in total. The van der Waals surface area contributed by atoms with Crippen LogP contribution in [0, 0.1) is 11.3 Å². The fourth-order valence-corrected chi connectivity index (χ4v) is 2.70. The van der Waals surface area contributed by atoms with Crippen molar-refractivity contribution in [3.63, 3.8) is 0 Å². The first-order valence-electron chi connectivity index (χ1n) is 8.74. The van der Waals surface area contributed by atoms with Gasteiger partial charge in [0.2, 0.25) is 0 Å². The zero-order chi connectivity index (χ0) is 19.9. The zero-order valence-electron chi connectivity index (χ0n) is 15.6. The smallest absolute Gasteiger partial charge is 0.348 e. The van der Waals surface area contributed by atoms with Gasteiger partial charge in [-0.1, -0.05) is 30.3 Å². The van der Waals surface area contributed by atoms with Crippen LogP contribution in [0.25, 0.3) is 23.0 Å². The van der Waals surface area contributed by atoms with Crippen molar-refractivity contribution in [2.75, 3.05) is 13.7 Å². The molecule has 28 heavy (non-hydrogen) atoms. The van der Waals surface area contributed by atoms with E-state index in [1.165, 1.54) is 6.08 Å². The molecule has 0 atom stereocenters. The average molecular weight is 373 g/mol. The molecule has 6 nitrogen and oxygen atoms in total. The highest BCUT2D eigenvalue weighted by Gasteiger charge is 2.16. The number of rotatable bonds is 6. The van der Waals surface area contributed by atoms with Gasteiger partial charge in [-0.05, 0) is 37.3 Å². The first-order chi connectivity index (χ1) is 13.7. The van der Waals surface area contributed by atoms with Crippen LogP contribution in [0.4, 0.5) is 0 Å². The Morgan fingerprint density at radius 3 is 2.68 bits per heavy atom. The highest BCUT2D eigenvalue weighted by molar-refractivity contribution is 5.98. The Hall–Kier alpha value is -3.85. The van der Waals surface area contributed by atoms with E-state index in [1.54, 1.807) is 24.9 Å². The molecule has 3 aromatic rings. The van der Waals surface area contributed by atoms with Crippen molar-refractivity contribution < 1.29 is 14.3 Å². The lowest BCUT2D eigenvalue weighted by Gasteiger charge is -2.04. The third-order valence-corrected chi connectivity index (χ3v) is 4.02. The van der Waals surface area contributed by atoms with Gasteiger partial charge in [0.15, 0.2) is 0 Å². The molecule has 0 aliphatic heterocycles. The molecular weight excluding hydrogens is 354 g/mol. The van der Waals surface area contributed by atoms with Crippen molar-refractivity contribution in [3.8, 4) is 28.8 Å². The Kier molecular flexibility index (Phi) is 5.87. The van der Waals surface area contributed by atoms with Gasteiger partial charge in [0.1, 0.15) is 23.1 Å². The number of aromatic nitrogens is 2. The van der Waals surface area contributed by atoms with Gasteiger partial charge in [0, 0.05) is 17.3 Å². The third-order valence-electron chi connectivity index (χ3n) is 4.02. The molecule has 0 radical (unpaired) electrons. The summed E-state index contributed by atoms with van der Waals surface area (Å²) in [7, 11) is 1.59. The quantitative estimate of drug-likeness (QED) is 0.370. The van der Waals surface area contributed by atoms with Gasteiger partial charge in [0.25, 0.3) is 0 Å². The number of nitrogens with zero attached hydrogens (tertiary/aromatic N) is 3. The number of benzene rings is 2. The number of nitriles is 1. The molecule has 6 heteroatoms. The van der Waals surface area contributed by atoms with E-state index < -0.39 is 5.97 Å². The van der Waals surface area contributed by atoms with E-state index in [1.807, 2.05) is 60.7 Å². The Labute approximate surface area is 163 Å². The predicted octanol–water partition coefficient (Wildman–Crippen LogP) is 4.02. The lowest BCUT2D eigenvalue weighted by Crippen LogP contribution is -2.06. The molecule has 0 spiro atoms. The summed E-state index contributed by atoms with van der Waals surface area (Å²) in [4.78, 5) is 12.0. The van der Waals surface area contributed by atoms with Crippen LogP contribution in [0.1, 0.15) is 12.5 Å². The molecule has 3 rings (SSSR count). The van der Waals surface area contributed by atoms with Gasteiger partial charge in [-0.2, -0.15) is 10.4 Å². The van der Waals surface area contributed by atoms with Gasteiger partial charge < -0.3 is 9.47 Å². The molecule has 1 heterocycles. The average Bonchev–Trinajstić information content (AvgIpc) is 3.16. The zero-order valence-corrected chi connectivity index (χ0v) is 15.6. The van der Waals surface area contributed by atoms with Crippen LogP contribution in [0.5, 0.6) is 5.75 Å². The van der Waals surface area contributed by atoms with Crippen molar-refractivity contribution in [2.45, 2.75) is 6.92 Å². The first kappa shape index (κ1) is 18.9. The summed E-state index contributed by atoms with van der Waals surface area (Å²) in [5, 5.41) is 14.1. The first-order valence-corrected chi connectivity index (χ1v) is 8.74. The standard InChI is InChI=1S/C22H19N3O3/c1-3-28-22(26)17(14-23)12-18-15-25(19-9-5-4-6-10-19)24-21(18)16-8-7-11-20(13-16)27-2/h4-13,15H,3H2,1-2H3/b17-12-. The van der Waals surface area contributed by atoms with E-state index in [2.05, 4.69) is 5.10 Å². The SMILES string of the molecule is CCOC(=O)/C(C#N)=C\c1cn(-c2ccccc2)nc1-c1cccc(OC)c1. The normalized spacial score (nSPS) is 11.0. The van der Waals surface area contributed by atoms with E-state index in [4.69, 9.17) is 9.47 Å². The van der Waals surface area contributed by atoms with Crippen LogP contribution < -0.4 is 4.74 Å². The van der Waals surface area contributed by atoms with Gasteiger partial charge in [-0.15, -0.1) is 0 Å². The van der Waals surface area contributed by atoms with Gasteiger partial charge in [-0.3, -0.25) is 0 Å². The second-order valence-electron chi connectivity index (χ2n) is 5.84. The maximum Gasteiger partial charge on any atom is 0.348 e. The molecule has 0 aliphatic carbocycles. The molecule has 0 saturated carbocycles. The molecule has 0 bridgehead atoms. The molecule has 1 aromatic heterocycles. The van der Waals surface area contributed by atoms with Crippen LogP contribution in [-0.4, -0.2) is 29.5 Å². The maximum absolute atomic E-state index is 12.0. The number of carbonyl (C=O) groups is 1. The fraction of sp³-hybridized carbons (Fsp3) is 0.136. The van der Waals surface area contributed by atoms with Gasteiger partial charge in [-0.25, -0.2) is 9.48 Å². The topological polar surface area (TPSA) is 77.1 Å².